The maximum Gasteiger partial charge on any atom is 0.238 e. The van der Waals surface area contributed by atoms with Crippen molar-refractivity contribution in [3.05, 3.63) is 52.2 Å². The number of carbonyl (C=O) groups is 2. The Kier molecular flexibility index (Phi) is 5.72. The van der Waals surface area contributed by atoms with E-state index >= 15 is 0 Å². The molecule has 1 aromatic heterocycles. The Hall–Kier alpha value is -2.14. The molecule has 0 aliphatic heterocycles. The monoisotopic (exact) mass is 316 g/mol. The number of thiophene rings is 1. The molecule has 1 heterocycles. The molecular weight excluding hydrogens is 296 g/mol. The van der Waals surface area contributed by atoms with Crippen LogP contribution in [-0.4, -0.2) is 18.2 Å². The van der Waals surface area contributed by atoms with Crippen LogP contribution in [0.5, 0.6) is 0 Å². The first-order chi connectivity index (χ1) is 10.6. The zero-order chi connectivity index (χ0) is 15.9. The predicted octanol–water partition coefficient (Wildman–Crippen LogP) is 3.58. The molecule has 22 heavy (non-hydrogen) atoms. The molecule has 0 unspecified atom stereocenters. The molecule has 0 aliphatic carbocycles. The zero-order valence-corrected chi connectivity index (χ0v) is 13.7. The summed E-state index contributed by atoms with van der Waals surface area (Å²) in [7, 11) is 0. The number of nitrogens with one attached hydrogen (secondary N) is 1. The number of hydrogen-bond donors (Lipinski definition) is 1. The second kappa shape index (κ2) is 7.75. The fourth-order valence-corrected chi connectivity index (χ4v) is 2.74. The van der Waals surface area contributed by atoms with E-state index in [0.29, 0.717) is 11.4 Å². The summed E-state index contributed by atoms with van der Waals surface area (Å²) in [6, 6.07) is 11.6. The molecule has 0 saturated heterocycles. The van der Waals surface area contributed by atoms with Crippen LogP contribution in [0.15, 0.2) is 41.8 Å². The van der Waals surface area contributed by atoms with Crippen molar-refractivity contribution < 1.29 is 9.59 Å². The number of amides is 1. The van der Waals surface area contributed by atoms with E-state index in [1.165, 1.54) is 16.9 Å². The van der Waals surface area contributed by atoms with Gasteiger partial charge in [0, 0.05) is 19.4 Å². The van der Waals surface area contributed by atoms with Gasteiger partial charge in [-0.15, -0.1) is 11.3 Å². The van der Waals surface area contributed by atoms with Gasteiger partial charge in [0.25, 0.3) is 0 Å². The van der Waals surface area contributed by atoms with Crippen LogP contribution in [0.3, 0.4) is 0 Å². The second-order valence-corrected chi connectivity index (χ2v) is 5.96. The van der Waals surface area contributed by atoms with Crippen LogP contribution < -0.4 is 10.4 Å². The molecule has 0 radical (unpaired) electrons. The van der Waals surface area contributed by atoms with Crippen LogP contribution in [-0.2, 0) is 4.79 Å². The summed E-state index contributed by atoms with van der Waals surface area (Å²) < 4.78 is 0. The minimum absolute atomic E-state index is 0.0172. The Morgan fingerprint density at radius 2 is 1.86 bits per heavy atom. The van der Waals surface area contributed by atoms with E-state index in [1.807, 2.05) is 49.6 Å². The van der Waals surface area contributed by atoms with Gasteiger partial charge in [0.05, 0.1) is 10.6 Å². The van der Waals surface area contributed by atoms with E-state index < -0.39 is 0 Å². The van der Waals surface area contributed by atoms with Crippen LogP contribution in [0.2, 0.25) is 0 Å². The lowest BCUT2D eigenvalue weighted by Crippen LogP contribution is -2.42. The molecule has 5 heteroatoms. The van der Waals surface area contributed by atoms with Crippen LogP contribution in [0.4, 0.5) is 5.69 Å². The number of aryl methyl sites for hydroxylation is 1. The van der Waals surface area contributed by atoms with E-state index in [4.69, 9.17) is 0 Å². The molecule has 1 aromatic carbocycles. The molecule has 2 aromatic rings. The number of hydrogen-bond acceptors (Lipinski definition) is 4. The van der Waals surface area contributed by atoms with Crippen LogP contribution in [0, 0.1) is 6.92 Å². The second-order valence-electron chi connectivity index (χ2n) is 5.02. The smallest absolute Gasteiger partial charge is 0.238 e. The standard InChI is InChI=1S/C17H20N2O2S/c1-3-19(14-8-6-13(2)7-9-14)18-17(21)11-10-15(20)16-5-4-12-22-16/h4-9,12H,3,10-11H2,1-2H3,(H,18,21). The summed E-state index contributed by atoms with van der Waals surface area (Å²) >= 11 is 1.41. The molecule has 0 fully saturated rings. The van der Waals surface area contributed by atoms with Crippen LogP contribution >= 0.6 is 11.3 Å². The van der Waals surface area contributed by atoms with Gasteiger partial charge < -0.3 is 0 Å². The number of rotatable bonds is 7. The molecule has 0 aliphatic rings. The minimum Gasteiger partial charge on any atom is -0.293 e. The average molecular weight is 316 g/mol. The van der Waals surface area contributed by atoms with Gasteiger partial charge in [0.15, 0.2) is 5.78 Å². The van der Waals surface area contributed by atoms with Gasteiger partial charge in [-0.05, 0) is 37.4 Å². The molecule has 0 saturated carbocycles. The third-order valence-corrected chi connectivity index (χ3v) is 4.21. The van der Waals surface area contributed by atoms with E-state index in [2.05, 4.69) is 5.43 Å². The molecule has 1 N–H and O–H groups in total. The molecule has 2 rings (SSSR count). The Morgan fingerprint density at radius 3 is 2.45 bits per heavy atom. The summed E-state index contributed by atoms with van der Waals surface area (Å²) in [6.07, 6.45) is 0.427. The molecule has 0 bridgehead atoms. The van der Waals surface area contributed by atoms with Crippen molar-refractivity contribution in [3.8, 4) is 0 Å². The van der Waals surface area contributed by atoms with Crippen molar-refractivity contribution in [1.29, 1.82) is 0 Å². The van der Waals surface area contributed by atoms with E-state index in [0.717, 1.165) is 5.69 Å². The first-order valence-electron chi connectivity index (χ1n) is 7.30. The van der Waals surface area contributed by atoms with Gasteiger partial charge >= 0.3 is 0 Å². The topological polar surface area (TPSA) is 49.4 Å². The maximum atomic E-state index is 12.0. The maximum absolute atomic E-state index is 12.0. The van der Waals surface area contributed by atoms with Gasteiger partial charge in [0.1, 0.15) is 0 Å². The van der Waals surface area contributed by atoms with Crippen molar-refractivity contribution in [2.45, 2.75) is 26.7 Å². The Labute approximate surface area is 134 Å². The molecular formula is C17H20N2O2S. The first-order valence-corrected chi connectivity index (χ1v) is 8.18. The summed E-state index contributed by atoms with van der Waals surface area (Å²) in [4.78, 5) is 24.6. The number of Topliss-reactive ketones (excluding diaryl/α,β-unsaturated/α-hetero) is 1. The largest absolute Gasteiger partial charge is 0.293 e. The lowest BCUT2D eigenvalue weighted by Gasteiger charge is -2.23. The molecule has 0 spiro atoms. The molecule has 1 amide bonds. The Bertz CT molecular complexity index is 621. The highest BCUT2D eigenvalue weighted by molar-refractivity contribution is 7.12. The third kappa shape index (κ3) is 4.43. The molecule has 4 nitrogen and oxygen atoms in total. The summed E-state index contributed by atoms with van der Waals surface area (Å²) in [5, 5.41) is 3.65. The third-order valence-electron chi connectivity index (χ3n) is 3.30. The lowest BCUT2D eigenvalue weighted by molar-refractivity contribution is -0.121. The van der Waals surface area contributed by atoms with Gasteiger partial charge in [0.2, 0.25) is 5.91 Å². The van der Waals surface area contributed by atoms with Gasteiger partial charge in [-0.3, -0.25) is 20.0 Å². The number of anilines is 1. The van der Waals surface area contributed by atoms with Crippen LogP contribution in [0.1, 0.15) is 35.0 Å². The van der Waals surface area contributed by atoms with E-state index in [9.17, 15) is 9.59 Å². The fraction of sp³-hybridized carbons (Fsp3) is 0.294. The minimum atomic E-state index is -0.146. The number of benzene rings is 1. The van der Waals surface area contributed by atoms with Gasteiger partial charge in [-0.1, -0.05) is 23.8 Å². The van der Waals surface area contributed by atoms with E-state index in [1.54, 1.807) is 11.1 Å². The number of nitrogens with zero attached hydrogens (tertiary/aromatic N) is 1. The Balaban J connectivity index is 1.87. The Morgan fingerprint density at radius 1 is 1.14 bits per heavy atom. The van der Waals surface area contributed by atoms with Crippen molar-refractivity contribution in [1.82, 2.24) is 5.43 Å². The number of carbonyl (C=O) groups excluding carboxylic acids is 2. The predicted molar refractivity (Wildman–Crippen MR) is 90.2 cm³/mol. The lowest BCUT2D eigenvalue weighted by atomic mass is 10.2. The number of hydrazine groups is 1. The molecule has 0 atom stereocenters. The fourth-order valence-electron chi connectivity index (χ4n) is 2.04. The van der Waals surface area contributed by atoms with Crippen molar-refractivity contribution in [2.75, 3.05) is 11.6 Å². The van der Waals surface area contributed by atoms with Crippen molar-refractivity contribution >= 4 is 28.7 Å². The van der Waals surface area contributed by atoms with Crippen molar-refractivity contribution in [2.24, 2.45) is 0 Å². The van der Waals surface area contributed by atoms with Crippen molar-refractivity contribution in [3.63, 3.8) is 0 Å². The zero-order valence-electron chi connectivity index (χ0n) is 12.8. The number of ketones is 1. The SMILES string of the molecule is CCN(NC(=O)CCC(=O)c1cccs1)c1ccc(C)cc1. The summed E-state index contributed by atoms with van der Waals surface area (Å²) in [5.41, 5.74) is 4.96. The van der Waals surface area contributed by atoms with Crippen LogP contribution in [0.25, 0.3) is 0 Å². The highest BCUT2D eigenvalue weighted by atomic mass is 32.1. The summed E-state index contributed by atoms with van der Waals surface area (Å²) in [5.74, 6) is -0.129. The molecule has 116 valence electrons. The first kappa shape index (κ1) is 16.2. The average Bonchev–Trinajstić information content (AvgIpc) is 3.05. The summed E-state index contributed by atoms with van der Waals surface area (Å²) in [6.45, 7) is 4.65. The normalized spacial score (nSPS) is 10.3. The quantitative estimate of drug-likeness (QED) is 0.627. The van der Waals surface area contributed by atoms with Gasteiger partial charge in [-0.25, -0.2) is 0 Å². The highest BCUT2D eigenvalue weighted by Gasteiger charge is 2.12. The van der Waals surface area contributed by atoms with E-state index in [-0.39, 0.29) is 24.5 Å². The highest BCUT2D eigenvalue weighted by Crippen LogP contribution is 2.14. The van der Waals surface area contributed by atoms with Gasteiger partial charge in [-0.2, -0.15) is 0 Å².